The molecule has 0 bridgehead atoms. The summed E-state index contributed by atoms with van der Waals surface area (Å²) in [6, 6.07) is 9.44. The lowest BCUT2D eigenvalue weighted by atomic mass is 9.81. The van der Waals surface area contributed by atoms with Crippen LogP contribution in [0.2, 0.25) is 0 Å². The molecule has 2 atom stereocenters. The van der Waals surface area contributed by atoms with Gasteiger partial charge in [0, 0.05) is 11.5 Å². The van der Waals surface area contributed by atoms with Crippen LogP contribution in [0.1, 0.15) is 39.2 Å². The molecule has 5 nitrogen and oxygen atoms in total. The van der Waals surface area contributed by atoms with Crippen molar-refractivity contribution in [2.75, 3.05) is 13.2 Å². The fourth-order valence-corrected chi connectivity index (χ4v) is 4.21. The molecule has 0 heterocycles. The fraction of sp³-hybridized carbons (Fsp3) is 0.476. The smallest absolute Gasteiger partial charge is 0.323 e. The van der Waals surface area contributed by atoms with Crippen LogP contribution in [0.25, 0.3) is 5.57 Å². The molecule has 2 aliphatic carbocycles. The summed E-state index contributed by atoms with van der Waals surface area (Å²) in [4.78, 5) is 38.3. The Morgan fingerprint density at radius 3 is 2.19 bits per heavy atom. The van der Waals surface area contributed by atoms with E-state index in [-0.39, 0.29) is 43.7 Å². The fourth-order valence-electron chi connectivity index (χ4n) is 4.21. The third-order valence-corrected chi connectivity index (χ3v) is 5.49. The van der Waals surface area contributed by atoms with E-state index in [1.807, 2.05) is 37.3 Å². The summed E-state index contributed by atoms with van der Waals surface area (Å²) in [6.07, 6.45) is 0.457. The number of benzene rings is 1. The van der Waals surface area contributed by atoms with Crippen LogP contribution in [-0.4, -0.2) is 30.9 Å². The molecule has 138 valence electrons. The van der Waals surface area contributed by atoms with E-state index in [1.165, 1.54) is 0 Å². The van der Waals surface area contributed by atoms with Gasteiger partial charge in [-0.05, 0) is 38.2 Å². The highest BCUT2D eigenvalue weighted by Gasteiger charge is 2.60. The van der Waals surface area contributed by atoms with E-state index >= 15 is 0 Å². The van der Waals surface area contributed by atoms with Crippen LogP contribution < -0.4 is 0 Å². The first-order valence-electron chi connectivity index (χ1n) is 9.13. The highest BCUT2D eigenvalue weighted by Crippen LogP contribution is 2.56. The van der Waals surface area contributed by atoms with Gasteiger partial charge in [0.2, 0.25) is 0 Å². The normalized spacial score (nSPS) is 23.7. The topological polar surface area (TPSA) is 69.7 Å². The van der Waals surface area contributed by atoms with Crippen molar-refractivity contribution in [3.8, 4) is 0 Å². The molecule has 0 radical (unpaired) electrons. The van der Waals surface area contributed by atoms with E-state index in [9.17, 15) is 14.4 Å². The maximum absolute atomic E-state index is 12.8. The Balaban J connectivity index is 2.08. The van der Waals surface area contributed by atoms with Gasteiger partial charge in [-0.2, -0.15) is 0 Å². The predicted molar refractivity (Wildman–Crippen MR) is 96.0 cm³/mol. The molecule has 0 spiro atoms. The van der Waals surface area contributed by atoms with E-state index < -0.39 is 17.4 Å². The molecule has 1 aromatic rings. The largest absolute Gasteiger partial charge is 0.465 e. The number of ketones is 1. The molecular formula is C21H24O5. The molecule has 0 aromatic heterocycles. The number of hydrogen-bond donors (Lipinski definition) is 0. The van der Waals surface area contributed by atoms with Gasteiger partial charge in [0.05, 0.1) is 13.2 Å². The van der Waals surface area contributed by atoms with Crippen molar-refractivity contribution in [3.05, 3.63) is 41.5 Å². The molecule has 1 saturated carbocycles. The maximum Gasteiger partial charge on any atom is 0.323 e. The minimum atomic E-state index is -1.35. The second-order valence-electron chi connectivity index (χ2n) is 6.93. The van der Waals surface area contributed by atoms with Crippen LogP contribution >= 0.6 is 0 Å². The molecule has 26 heavy (non-hydrogen) atoms. The second-order valence-corrected chi connectivity index (χ2v) is 6.93. The molecular weight excluding hydrogens is 332 g/mol. The molecule has 5 heteroatoms. The van der Waals surface area contributed by atoms with Gasteiger partial charge in [0.25, 0.3) is 0 Å². The SMILES string of the molecule is CCOC(=O)C1(C(=O)OCC)CC2=C(c3ccccc3)C(=O)[C@@H](C)[C@H]2C1. The van der Waals surface area contributed by atoms with E-state index in [0.717, 1.165) is 11.1 Å². The van der Waals surface area contributed by atoms with Crippen molar-refractivity contribution < 1.29 is 23.9 Å². The molecule has 0 aliphatic heterocycles. The van der Waals surface area contributed by atoms with Crippen LogP contribution in [0.15, 0.2) is 35.9 Å². The third kappa shape index (κ3) is 2.75. The number of rotatable bonds is 5. The lowest BCUT2D eigenvalue weighted by Crippen LogP contribution is -2.40. The Morgan fingerprint density at radius 2 is 1.65 bits per heavy atom. The molecule has 0 N–H and O–H groups in total. The summed E-state index contributed by atoms with van der Waals surface area (Å²) in [6.45, 7) is 5.70. The average molecular weight is 356 g/mol. The quantitative estimate of drug-likeness (QED) is 0.599. The zero-order valence-electron chi connectivity index (χ0n) is 15.4. The van der Waals surface area contributed by atoms with Crippen molar-refractivity contribution in [3.63, 3.8) is 0 Å². The number of carbonyl (C=O) groups excluding carboxylic acids is 3. The van der Waals surface area contributed by atoms with Gasteiger partial charge >= 0.3 is 11.9 Å². The van der Waals surface area contributed by atoms with Crippen molar-refractivity contribution in [2.45, 2.75) is 33.6 Å². The molecule has 0 amide bonds. The summed E-state index contributed by atoms with van der Waals surface area (Å²) >= 11 is 0. The summed E-state index contributed by atoms with van der Waals surface area (Å²) in [7, 11) is 0. The number of esters is 2. The molecule has 1 fully saturated rings. The first kappa shape index (κ1) is 18.4. The number of allylic oxidation sites excluding steroid dienone is 2. The monoisotopic (exact) mass is 356 g/mol. The Morgan fingerprint density at radius 1 is 1.08 bits per heavy atom. The number of ether oxygens (including phenoxy) is 2. The highest BCUT2D eigenvalue weighted by atomic mass is 16.6. The summed E-state index contributed by atoms with van der Waals surface area (Å²) in [5.74, 6) is -1.41. The Hall–Kier alpha value is -2.43. The first-order valence-corrected chi connectivity index (χ1v) is 9.13. The van der Waals surface area contributed by atoms with E-state index in [0.29, 0.717) is 5.57 Å². The number of carbonyl (C=O) groups is 3. The van der Waals surface area contributed by atoms with Crippen molar-refractivity contribution in [2.24, 2.45) is 17.3 Å². The zero-order valence-corrected chi connectivity index (χ0v) is 15.4. The van der Waals surface area contributed by atoms with Gasteiger partial charge in [0.15, 0.2) is 11.2 Å². The predicted octanol–water partition coefficient (Wildman–Crippen LogP) is 3.18. The number of fused-ring (bicyclic) bond motifs is 1. The lowest BCUT2D eigenvalue weighted by molar-refractivity contribution is -0.172. The third-order valence-electron chi connectivity index (χ3n) is 5.49. The van der Waals surface area contributed by atoms with Gasteiger partial charge in [-0.3, -0.25) is 14.4 Å². The molecule has 2 aliphatic rings. The van der Waals surface area contributed by atoms with Crippen molar-refractivity contribution in [1.29, 1.82) is 0 Å². The van der Waals surface area contributed by atoms with Gasteiger partial charge in [-0.25, -0.2) is 0 Å². The number of Topliss-reactive ketones (excluding diaryl/α,β-unsaturated/α-hetero) is 1. The Labute approximate surface area is 153 Å². The Kier molecular flexibility index (Phi) is 4.99. The van der Waals surface area contributed by atoms with Gasteiger partial charge in [-0.15, -0.1) is 0 Å². The maximum atomic E-state index is 12.8. The standard InChI is InChI=1S/C21H24O5/c1-4-25-19(23)21(20(24)26-5-2)11-15-13(3)18(22)17(16(15)12-21)14-9-7-6-8-10-14/h6-10,13,15H,4-5,11-12H2,1-3H3/t13-,15+/m0/s1. The highest BCUT2D eigenvalue weighted by molar-refractivity contribution is 6.25. The average Bonchev–Trinajstić information content (AvgIpc) is 3.13. The summed E-state index contributed by atoms with van der Waals surface area (Å²) in [5.41, 5.74) is 1.03. The van der Waals surface area contributed by atoms with Crippen molar-refractivity contribution in [1.82, 2.24) is 0 Å². The molecule has 1 aromatic carbocycles. The first-order chi connectivity index (χ1) is 12.5. The summed E-state index contributed by atoms with van der Waals surface area (Å²) in [5, 5.41) is 0. The minimum absolute atomic E-state index is 0.0810. The zero-order chi connectivity index (χ0) is 18.9. The molecule has 0 unspecified atom stereocenters. The lowest BCUT2D eigenvalue weighted by Gasteiger charge is -2.25. The number of hydrogen-bond acceptors (Lipinski definition) is 5. The van der Waals surface area contributed by atoms with E-state index in [4.69, 9.17) is 9.47 Å². The minimum Gasteiger partial charge on any atom is -0.465 e. The van der Waals surface area contributed by atoms with E-state index in [2.05, 4.69) is 0 Å². The summed E-state index contributed by atoms with van der Waals surface area (Å²) < 4.78 is 10.4. The van der Waals surface area contributed by atoms with Gasteiger partial charge in [0.1, 0.15) is 0 Å². The van der Waals surface area contributed by atoms with Crippen LogP contribution in [0.3, 0.4) is 0 Å². The van der Waals surface area contributed by atoms with E-state index in [1.54, 1.807) is 13.8 Å². The molecule has 0 saturated heterocycles. The van der Waals surface area contributed by atoms with Crippen molar-refractivity contribution >= 4 is 23.3 Å². The van der Waals surface area contributed by atoms with Crippen LogP contribution in [0.4, 0.5) is 0 Å². The van der Waals surface area contributed by atoms with Gasteiger partial charge in [-0.1, -0.05) is 42.8 Å². The Bertz CT molecular complexity index is 744. The van der Waals surface area contributed by atoms with Crippen LogP contribution in [-0.2, 0) is 23.9 Å². The molecule has 3 rings (SSSR count). The van der Waals surface area contributed by atoms with Gasteiger partial charge < -0.3 is 9.47 Å². The van der Waals surface area contributed by atoms with Crippen LogP contribution in [0, 0.1) is 17.3 Å². The second kappa shape index (κ2) is 7.06. The van der Waals surface area contributed by atoms with Crippen LogP contribution in [0.5, 0.6) is 0 Å².